The zero-order chi connectivity index (χ0) is 62.8. The molecular formula is C84H50BN9. The van der Waals surface area contributed by atoms with Gasteiger partial charge in [-0.05, 0) is 170 Å². The molecule has 94 heavy (non-hydrogen) atoms. The normalized spacial score (nSPS) is 11.9. The van der Waals surface area contributed by atoms with Gasteiger partial charge in [0.25, 0.3) is 6.71 Å². The molecule has 0 fully saturated rings. The summed E-state index contributed by atoms with van der Waals surface area (Å²) >= 11 is 0. The van der Waals surface area contributed by atoms with E-state index >= 15 is 0 Å². The number of rotatable bonds is 10. The van der Waals surface area contributed by atoms with Gasteiger partial charge >= 0.3 is 0 Å². The molecule has 0 saturated carbocycles. The van der Waals surface area contributed by atoms with Crippen LogP contribution in [0.25, 0.3) is 106 Å². The molecule has 0 aliphatic carbocycles. The Bertz CT molecular complexity index is 5410. The minimum Gasteiger partial charge on any atom is -0.311 e. The average Bonchev–Trinajstić information content (AvgIpc) is 0.796. The summed E-state index contributed by atoms with van der Waals surface area (Å²) in [6, 6.07) is 112. The lowest BCUT2D eigenvalue weighted by atomic mass is 9.33. The second kappa shape index (κ2) is 22.7. The van der Waals surface area contributed by atoms with Crippen molar-refractivity contribution >= 4 is 79.0 Å². The molecule has 15 aromatic rings. The van der Waals surface area contributed by atoms with Crippen LogP contribution < -0.4 is 26.2 Å². The molecule has 13 aromatic carbocycles. The van der Waals surface area contributed by atoms with Crippen LogP contribution in [0, 0.1) is 34.0 Å². The van der Waals surface area contributed by atoms with Crippen LogP contribution in [-0.4, -0.2) is 26.2 Å². The second-order valence-electron chi connectivity index (χ2n) is 23.7. The van der Waals surface area contributed by atoms with Crippen molar-refractivity contribution in [3.05, 3.63) is 320 Å². The van der Waals surface area contributed by atoms with Crippen LogP contribution in [0.15, 0.2) is 303 Å². The molecule has 0 spiro atoms. The smallest absolute Gasteiger partial charge is 0.252 e. The Morgan fingerprint density at radius 1 is 0.277 bits per heavy atom. The van der Waals surface area contributed by atoms with Crippen LogP contribution in [-0.2, 0) is 0 Å². The minimum absolute atomic E-state index is 0.358. The molecule has 0 amide bonds. The largest absolute Gasteiger partial charge is 0.311 e. The van der Waals surface area contributed by atoms with E-state index in [0.717, 1.165) is 134 Å². The molecule has 2 aliphatic rings. The lowest BCUT2D eigenvalue weighted by Gasteiger charge is -2.44. The second-order valence-corrected chi connectivity index (χ2v) is 23.7. The summed E-state index contributed by atoms with van der Waals surface area (Å²) in [7, 11) is 0. The topological polar surface area (TPSA) is 121 Å². The van der Waals surface area contributed by atoms with Crippen molar-refractivity contribution in [2.24, 2.45) is 0 Å². The van der Waals surface area contributed by atoms with Crippen molar-refractivity contribution in [1.29, 1.82) is 15.8 Å². The number of hydrogen-bond donors (Lipinski definition) is 0. The molecule has 0 radical (unpaired) electrons. The zero-order valence-corrected chi connectivity index (χ0v) is 50.5. The summed E-state index contributed by atoms with van der Waals surface area (Å²) in [5, 5.41) is 34.0. The third-order valence-corrected chi connectivity index (χ3v) is 18.3. The van der Waals surface area contributed by atoms with Crippen LogP contribution in [0.4, 0.5) is 34.1 Å². The molecule has 0 unspecified atom stereocenters. The minimum atomic E-state index is -0.358. The zero-order valence-electron chi connectivity index (χ0n) is 50.5. The molecule has 2 aliphatic heterocycles. The first-order chi connectivity index (χ1) is 46.4. The van der Waals surface area contributed by atoms with E-state index in [4.69, 9.17) is 15.0 Å². The Labute approximate surface area is 543 Å². The number of fused-ring (bicyclic) bond motifs is 7. The fourth-order valence-electron chi connectivity index (χ4n) is 13.9. The molecule has 10 heteroatoms. The lowest BCUT2D eigenvalue weighted by molar-refractivity contribution is 1.06. The van der Waals surface area contributed by atoms with Crippen molar-refractivity contribution < 1.29 is 0 Å². The summed E-state index contributed by atoms with van der Waals surface area (Å²) < 4.78 is 2.30. The summed E-state index contributed by atoms with van der Waals surface area (Å²) in [6.07, 6.45) is 0. The van der Waals surface area contributed by atoms with Crippen LogP contribution in [0.3, 0.4) is 0 Å². The SMILES string of the molecule is N#Cc1ccc2c(c1)B1c3cc(C#N)ccc3N(c3ccc(-c4ccccc4)cc3)c3cc(-c4ccc5c(c4)c4ccc(-c6ccccc6)cc4n5-c4ccc(C#N)cc4-c4nc(-c5ccccc5)nc(-c5ccccc5)n4)cc(c31)N2c1ccc(-c2ccccc2)cc1. The highest BCUT2D eigenvalue weighted by Gasteiger charge is 2.44. The predicted molar refractivity (Wildman–Crippen MR) is 380 cm³/mol. The van der Waals surface area contributed by atoms with Crippen molar-refractivity contribution in [1.82, 2.24) is 19.5 Å². The Morgan fingerprint density at radius 3 is 1.15 bits per heavy atom. The van der Waals surface area contributed by atoms with E-state index in [1.54, 1.807) is 0 Å². The highest BCUT2D eigenvalue weighted by molar-refractivity contribution is 7.00. The standard InChI is InChI=1S/C84H50BN9/c86-51-54-26-40-75(71(44-54)84-90-82(62-22-12-4-13-23-62)89-83(91-84)63-24-14-5-15-25-63)94-74-43-34-64(47-70(74)69-39-33-65(48-78(69)94)59-20-10-3-11-21-59)66-49-79-81-80(50-66)93(68-37-31-61(32-38-68)58-18-8-2-9-19-58)77-42-28-56(53-88)46-73(77)85(81)72-45-55(52-87)27-41-76(72)92(79)67-35-29-60(30-36-67)57-16-6-1-7-17-57/h1-50H. The fourth-order valence-corrected chi connectivity index (χ4v) is 13.9. The third-order valence-electron chi connectivity index (χ3n) is 18.3. The molecule has 434 valence electrons. The number of hydrogen-bond acceptors (Lipinski definition) is 8. The summed E-state index contributed by atoms with van der Waals surface area (Å²) in [5.74, 6) is 1.46. The van der Waals surface area contributed by atoms with Crippen molar-refractivity contribution in [3.63, 3.8) is 0 Å². The summed E-state index contributed by atoms with van der Waals surface area (Å²) in [4.78, 5) is 20.2. The van der Waals surface area contributed by atoms with Gasteiger partial charge in [0.2, 0.25) is 0 Å². The first kappa shape index (κ1) is 54.9. The fraction of sp³-hybridized carbons (Fsp3) is 0. The van der Waals surface area contributed by atoms with Gasteiger partial charge in [-0.25, -0.2) is 15.0 Å². The molecular weight excluding hydrogens is 1150 g/mol. The summed E-state index contributed by atoms with van der Waals surface area (Å²) in [5.41, 5.74) is 23.9. The van der Waals surface area contributed by atoms with Crippen molar-refractivity contribution in [2.75, 3.05) is 9.80 Å². The first-order valence-corrected chi connectivity index (χ1v) is 31.2. The maximum absolute atomic E-state index is 10.6. The maximum atomic E-state index is 10.6. The van der Waals surface area contributed by atoms with E-state index in [2.05, 4.69) is 215 Å². The third kappa shape index (κ3) is 9.36. The van der Waals surface area contributed by atoms with E-state index in [1.165, 1.54) is 0 Å². The van der Waals surface area contributed by atoms with E-state index in [-0.39, 0.29) is 6.71 Å². The molecule has 0 saturated heterocycles. The van der Waals surface area contributed by atoms with Crippen LogP contribution >= 0.6 is 0 Å². The van der Waals surface area contributed by atoms with Gasteiger partial charge in [0, 0.05) is 61.6 Å². The summed E-state index contributed by atoms with van der Waals surface area (Å²) in [6.45, 7) is -0.358. The Hall–Kier alpha value is -13.2. The molecule has 9 nitrogen and oxygen atoms in total. The van der Waals surface area contributed by atoms with E-state index in [1.807, 2.05) is 121 Å². The Balaban J connectivity index is 0.921. The number of nitrogens with zero attached hydrogens (tertiary/aromatic N) is 9. The highest BCUT2D eigenvalue weighted by Crippen LogP contribution is 2.48. The molecule has 0 N–H and O–H groups in total. The van der Waals surface area contributed by atoms with Gasteiger partial charge in [0.15, 0.2) is 17.5 Å². The lowest BCUT2D eigenvalue weighted by Crippen LogP contribution is -2.61. The monoisotopic (exact) mass is 1200 g/mol. The molecule has 0 atom stereocenters. The van der Waals surface area contributed by atoms with Gasteiger partial charge in [-0.15, -0.1) is 0 Å². The van der Waals surface area contributed by atoms with Crippen molar-refractivity contribution in [3.8, 4) is 103 Å². The van der Waals surface area contributed by atoms with Crippen LogP contribution in [0.1, 0.15) is 16.7 Å². The van der Waals surface area contributed by atoms with E-state index < -0.39 is 0 Å². The van der Waals surface area contributed by atoms with Crippen LogP contribution in [0.5, 0.6) is 0 Å². The maximum Gasteiger partial charge on any atom is 0.252 e. The van der Waals surface area contributed by atoms with Gasteiger partial charge in [0.1, 0.15) is 0 Å². The quantitative estimate of drug-likeness (QED) is 0.124. The van der Waals surface area contributed by atoms with Crippen molar-refractivity contribution in [2.45, 2.75) is 0 Å². The Kier molecular flexibility index (Phi) is 13.3. The molecule has 2 aromatic heterocycles. The average molecular weight is 1200 g/mol. The van der Waals surface area contributed by atoms with Gasteiger partial charge in [-0.1, -0.05) is 194 Å². The first-order valence-electron chi connectivity index (χ1n) is 31.2. The van der Waals surface area contributed by atoms with Crippen LogP contribution in [0.2, 0.25) is 0 Å². The number of nitriles is 3. The van der Waals surface area contributed by atoms with E-state index in [0.29, 0.717) is 39.7 Å². The molecule has 0 bridgehead atoms. The molecule has 17 rings (SSSR count). The van der Waals surface area contributed by atoms with Gasteiger partial charge in [-0.2, -0.15) is 15.8 Å². The number of anilines is 6. The van der Waals surface area contributed by atoms with E-state index in [9.17, 15) is 15.8 Å². The van der Waals surface area contributed by atoms with Gasteiger partial charge in [-0.3, -0.25) is 0 Å². The number of aromatic nitrogens is 4. The molecule has 4 heterocycles. The van der Waals surface area contributed by atoms with Gasteiger partial charge in [0.05, 0.1) is 51.6 Å². The predicted octanol–water partition coefficient (Wildman–Crippen LogP) is 18.3. The van der Waals surface area contributed by atoms with Gasteiger partial charge < -0.3 is 14.4 Å². The highest BCUT2D eigenvalue weighted by atomic mass is 15.2. The Morgan fingerprint density at radius 2 is 0.670 bits per heavy atom. The number of benzene rings is 13.